The van der Waals surface area contributed by atoms with Crippen LogP contribution in [0.3, 0.4) is 0 Å². The number of hydrazine groups is 1. The van der Waals surface area contributed by atoms with Gasteiger partial charge in [-0.3, -0.25) is 9.59 Å². The number of nitrogens with one attached hydrogen (secondary N) is 1. The van der Waals surface area contributed by atoms with Crippen LogP contribution in [0.15, 0.2) is 0 Å². The third kappa shape index (κ3) is 6.32. The molecule has 0 aromatic heterocycles. The monoisotopic (exact) mass is 291 g/mol. The van der Waals surface area contributed by atoms with Crippen molar-refractivity contribution in [2.45, 2.75) is 19.9 Å². The first-order chi connectivity index (χ1) is 6.77. The molecule has 86 valence electrons. The van der Waals surface area contributed by atoms with E-state index in [2.05, 4.69) is 30.9 Å². The Bertz CT molecular complexity index is 291. The largest absolute Gasteiger partial charge is 1.00 e. The Morgan fingerprint density at radius 2 is 1.69 bits per heavy atom. The summed E-state index contributed by atoms with van der Waals surface area (Å²) in [6.07, 6.45) is -1.71. The molecule has 0 saturated carbocycles. The van der Waals surface area contributed by atoms with E-state index in [1.165, 1.54) is 13.8 Å². The van der Waals surface area contributed by atoms with Gasteiger partial charge in [-0.2, -0.15) is 4.41 Å². The molecule has 1 N–H and O–H groups in total. The fourth-order valence-corrected chi connectivity index (χ4v) is 1.04. The first-order valence-corrected chi connectivity index (χ1v) is 4.57. The first kappa shape index (κ1) is 18.9. The van der Waals surface area contributed by atoms with Gasteiger partial charge in [-0.15, -0.1) is 0 Å². The van der Waals surface area contributed by atoms with Crippen molar-refractivity contribution in [3.05, 3.63) is 0 Å². The van der Waals surface area contributed by atoms with Crippen LogP contribution in [0.2, 0.25) is 0 Å². The van der Waals surface area contributed by atoms with E-state index in [-0.39, 0.29) is 55.8 Å². The minimum atomic E-state index is -1.71. The second-order valence-electron chi connectivity index (χ2n) is 2.61. The zero-order chi connectivity index (χ0) is 12.2. The summed E-state index contributed by atoms with van der Waals surface area (Å²) in [6, 6.07) is -0.908. The van der Waals surface area contributed by atoms with Gasteiger partial charge in [0.05, 0.1) is 0 Å². The van der Waals surface area contributed by atoms with Crippen LogP contribution >= 0.6 is 25.6 Å². The molecule has 0 aliphatic heterocycles. The molecule has 0 heterocycles. The Kier molecular flexibility index (Phi) is 10.2. The van der Waals surface area contributed by atoms with Crippen molar-refractivity contribution in [1.82, 2.24) is 14.1 Å². The predicted molar refractivity (Wildman–Crippen MR) is 55.3 cm³/mol. The molecule has 0 bridgehead atoms. The summed E-state index contributed by atoms with van der Waals surface area (Å²) in [7, 11) is 0. The van der Waals surface area contributed by atoms with Crippen molar-refractivity contribution >= 4 is 43.5 Å². The maximum atomic E-state index is 11.4. The van der Waals surface area contributed by atoms with Crippen LogP contribution in [0.4, 0.5) is 4.79 Å². The number of hydrogen-bond acceptors (Lipinski definition) is 6. The number of nitrogens with zero attached hydrogens (tertiary/aromatic N) is 2. The van der Waals surface area contributed by atoms with E-state index in [0.717, 1.165) is 0 Å². The maximum absolute atomic E-state index is 11.4. The minimum Gasteiger partial charge on any atom is -0.528 e. The van der Waals surface area contributed by atoms with Gasteiger partial charge in [0.1, 0.15) is 6.04 Å². The summed E-state index contributed by atoms with van der Waals surface area (Å²) in [5.74, 6) is -1.18. The van der Waals surface area contributed by atoms with Gasteiger partial charge in [0.2, 0.25) is 5.91 Å². The molecule has 10 heteroatoms. The quantitative estimate of drug-likeness (QED) is 0.272. The molecule has 0 spiro atoms. The Morgan fingerprint density at radius 3 is 2.00 bits per heavy atom. The second-order valence-corrected chi connectivity index (χ2v) is 3.36. The summed E-state index contributed by atoms with van der Waals surface area (Å²) in [4.78, 5) is 32.3. The van der Waals surface area contributed by atoms with Crippen molar-refractivity contribution in [3.8, 4) is 0 Å². The van der Waals surface area contributed by atoms with Crippen LogP contribution in [0.25, 0.3) is 0 Å². The summed E-state index contributed by atoms with van der Waals surface area (Å²) in [5, 5.41) is 12.6. The molecular weight excluding hydrogens is 281 g/mol. The molecule has 0 unspecified atom stereocenters. The summed E-state index contributed by atoms with van der Waals surface area (Å²) >= 11 is 7.01. The number of carbonyl (C=O) groups is 3. The maximum Gasteiger partial charge on any atom is 1.00 e. The molecule has 16 heavy (non-hydrogen) atoms. The van der Waals surface area contributed by atoms with Gasteiger partial charge < -0.3 is 15.2 Å². The molecule has 0 radical (unpaired) electrons. The number of amides is 3. The van der Waals surface area contributed by atoms with E-state index in [1.54, 1.807) is 0 Å². The predicted octanol–water partition coefficient (Wildman–Crippen LogP) is -4.41. The standard InChI is InChI=1S/C6H11N3O4S2.K/c1-3(7-4(2)10)5(11)8(14)9(15)6(12)13;/h3,14-15H,1-2H3,(H,7,10)(H,12,13);/q;+1/p-1/t3-;/m0./s1. The second kappa shape index (κ2) is 8.61. The number of carbonyl (C=O) groups excluding carboxylic acids is 3. The van der Waals surface area contributed by atoms with E-state index < -0.39 is 23.9 Å². The van der Waals surface area contributed by atoms with Crippen molar-refractivity contribution in [2.24, 2.45) is 0 Å². The first-order valence-electron chi connectivity index (χ1n) is 3.77. The molecule has 1 atom stereocenters. The van der Waals surface area contributed by atoms with Gasteiger partial charge in [-0.25, -0.2) is 4.41 Å². The summed E-state index contributed by atoms with van der Waals surface area (Å²) < 4.78 is 0.600. The number of thiol groups is 2. The van der Waals surface area contributed by atoms with E-state index >= 15 is 0 Å². The van der Waals surface area contributed by atoms with Crippen molar-refractivity contribution in [1.29, 1.82) is 0 Å². The van der Waals surface area contributed by atoms with Crippen LogP contribution in [0.1, 0.15) is 13.8 Å². The Balaban J connectivity index is 0. The SMILES string of the molecule is CC(=O)N[C@@H](C)C(=O)N(S)N(S)C(=O)[O-].[K+]. The minimum absolute atomic E-state index is 0. The van der Waals surface area contributed by atoms with Crippen LogP contribution in [-0.2, 0) is 9.59 Å². The number of rotatable bonds is 2. The van der Waals surface area contributed by atoms with E-state index in [4.69, 9.17) is 0 Å². The van der Waals surface area contributed by atoms with Gasteiger partial charge in [-0.05, 0) is 32.6 Å². The van der Waals surface area contributed by atoms with Crippen LogP contribution in [0.5, 0.6) is 0 Å². The zero-order valence-corrected chi connectivity index (χ0v) is 13.9. The molecular formula is C6H10KN3O4S2. The molecule has 0 fully saturated rings. The molecule has 7 nitrogen and oxygen atoms in total. The summed E-state index contributed by atoms with van der Waals surface area (Å²) in [5.41, 5.74) is 0. The fourth-order valence-electron chi connectivity index (χ4n) is 0.711. The Morgan fingerprint density at radius 1 is 1.25 bits per heavy atom. The molecule has 0 aliphatic carbocycles. The van der Waals surface area contributed by atoms with Gasteiger partial charge in [-0.1, -0.05) is 0 Å². The smallest absolute Gasteiger partial charge is 0.528 e. The Labute approximate surface area is 146 Å². The molecule has 3 amide bonds. The van der Waals surface area contributed by atoms with Gasteiger partial charge in [0.15, 0.2) is 6.09 Å². The van der Waals surface area contributed by atoms with E-state index in [9.17, 15) is 19.5 Å². The average Bonchev–Trinajstić information content (AvgIpc) is 2.13. The third-order valence-electron chi connectivity index (χ3n) is 1.33. The fraction of sp³-hybridized carbons (Fsp3) is 0.500. The molecule has 0 saturated heterocycles. The van der Waals surface area contributed by atoms with E-state index in [0.29, 0.717) is 4.41 Å². The molecule has 0 rings (SSSR count). The Hall–Kier alpha value is 0.546. The van der Waals surface area contributed by atoms with Crippen LogP contribution in [-0.4, -0.2) is 32.8 Å². The third-order valence-corrected chi connectivity index (χ3v) is 2.19. The molecule has 0 aromatic carbocycles. The molecule has 0 aromatic rings. The number of carboxylic acid groups (broad SMARTS) is 1. The van der Waals surface area contributed by atoms with Gasteiger partial charge in [0.25, 0.3) is 5.91 Å². The van der Waals surface area contributed by atoms with Crippen LogP contribution < -0.4 is 61.8 Å². The van der Waals surface area contributed by atoms with E-state index in [1.807, 2.05) is 0 Å². The summed E-state index contributed by atoms with van der Waals surface area (Å²) in [6.45, 7) is 2.60. The van der Waals surface area contributed by atoms with Gasteiger partial charge >= 0.3 is 51.4 Å². The molecule has 0 aliphatic rings. The van der Waals surface area contributed by atoms with Crippen molar-refractivity contribution in [2.75, 3.05) is 0 Å². The van der Waals surface area contributed by atoms with Crippen molar-refractivity contribution < 1.29 is 70.9 Å². The van der Waals surface area contributed by atoms with Gasteiger partial charge in [0, 0.05) is 6.92 Å². The number of hydrogen-bond donors (Lipinski definition) is 3. The van der Waals surface area contributed by atoms with Crippen LogP contribution in [0, 0.1) is 0 Å². The topological polar surface area (TPSA) is 92.8 Å². The normalized spacial score (nSPS) is 10.8. The zero-order valence-electron chi connectivity index (χ0n) is 9.00. The van der Waals surface area contributed by atoms with Crippen molar-refractivity contribution in [3.63, 3.8) is 0 Å². The average molecular weight is 291 g/mol.